The molecule has 2 rings (SSSR count). The first-order valence-electron chi connectivity index (χ1n) is 5.50. The molecular formula is C12H10F3N3O2. The number of benzene rings is 1. The van der Waals surface area contributed by atoms with Crippen molar-refractivity contribution in [2.24, 2.45) is 5.84 Å². The minimum Gasteiger partial charge on any atom is -0.483 e. The molecule has 0 radical (unpaired) electrons. The molecule has 106 valence electrons. The van der Waals surface area contributed by atoms with E-state index in [9.17, 15) is 18.0 Å². The van der Waals surface area contributed by atoms with Crippen LogP contribution in [0.2, 0.25) is 0 Å². The normalized spacial score (nSPS) is 11.4. The van der Waals surface area contributed by atoms with E-state index in [1.54, 1.807) is 0 Å². The number of hydrogen-bond acceptors (Lipinski definition) is 4. The number of carbonyl (C=O) groups is 1. The van der Waals surface area contributed by atoms with Crippen LogP contribution in [-0.2, 0) is 11.0 Å². The number of pyridine rings is 1. The Kier molecular flexibility index (Phi) is 3.75. The molecule has 0 aliphatic heterocycles. The van der Waals surface area contributed by atoms with Gasteiger partial charge in [0.1, 0.15) is 5.75 Å². The molecule has 20 heavy (non-hydrogen) atoms. The largest absolute Gasteiger partial charge is 0.483 e. The molecule has 1 aromatic carbocycles. The average Bonchev–Trinajstić information content (AvgIpc) is 2.43. The monoisotopic (exact) mass is 285 g/mol. The van der Waals surface area contributed by atoms with E-state index in [0.717, 1.165) is 12.1 Å². The summed E-state index contributed by atoms with van der Waals surface area (Å²) in [5.74, 6) is 4.60. The smallest absolute Gasteiger partial charge is 0.416 e. The van der Waals surface area contributed by atoms with Gasteiger partial charge in [0, 0.05) is 11.6 Å². The number of hydrazine groups is 1. The first-order valence-corrected chi connectivity index (χ1v) is 5.50. The highest BCUT2D eigenvalue weighted by atomic mass is 19.4. The van der Waals surface area contributed by atoms with Gasteiger partial charge in [0.15, 0.2) is 6.61 Å². The third kappa shape index (κ3) is 2.97. The van der Waals surface area contributed by atoms with Crippen LogP contribution in [0, 0.1) is 0 Å². The summed E-state index contributed by atoms with van der Waals surface area (Å²) >= 11 is 0. The molecule has 0 saturated heterocycles. The molecule has 5 nitrogen and oxygen atoms in total. The van der Waals surface area contributed by atoms with Crippen LogP contribution in [0.3, 0.4) is 0 Å². The summed E-state index contributed by atoms with van der Waals surface area (Å²) in [7, 11) is 0. The number of carbonyl (C=O) groups excluding carboxylic acids is 1. The van der Waals surface area contributed by atoms with Gasteiger partial charge in [-0.05, 0) is 24.3 Å². The lowest BCUT2D eigenvalue weighted by Gasteiger charge is -2.10. The SMILES string of the molecule is NNC(=O)COc1ccnc2cc(C(F)(F)F)ccc12. The molecular weight excluding hydrogens is 275 g/mol. The molecule has 0 aliphatic carbocycles. The fourth-order valence-electron chi connectivity index (χ4n) is 1.61. The van der Waals surface area contributed by atoms with Crippen LogP contribution >= 0.6 is 0 Å². The summed E-state index contributed by atoms with van der Waals surface area (Å²) in [4.78, 5) is 14.8. The first-order chi connectivity index (χ1) is 9.41. The number of nitrogens with zero attached hydrogens (tertiary/aromatic N) is 1. The van der Waals surface area contributed by atoms with Crippen LogP contribution in [0.4, 0.5) is 13.2 Å². The van der Waals surface area contributed by atoms with Crippen molar-refractivity contribution in [3.05, 3.63) is 36.0 Å². The lowest BCUT2D eigenvalue weighted by molar-refractivity contribution is -0.137. The highest BCUT2D eigenvalue weighted by Crippen LogP contribution is 2.33. The van der Waals surface area contributed by atoms with Crippen LogP contribution in [0.5, 0.6) is 5.75 Å². The zero-order valence-corrected chi connectivity index (χ0v) is 10.1. The third-order valence-corrected chi connectivity index (χ3v) is 2.55. The summed E-state index contributed by atoms with van der Waals surface area (Å²) in [6.45, 7) is -0.337. The van der Waals surface area contributed by atoms with Gasteiger partial charge in [-0.3, -0.25) is 15.2 Å². The number of amides is 1. The van der Waals surface area contributed by atoms with E-state index in [0.29, 0.717) is 5.39 Å². The molecule has 2 aromatic rings. The van der Waals surface area contributed by atoms with E-state index in [1.807, 2.05) is 5.43 Å². The topological polar surface area (TPSA) is 77.2 Å². The number of rotatable bonds is 3. The van der Waals surface area contributed by atoms with Crippen molar-refractivity contribution in [3.8, 4) is 5.75 Å². The molecule has 8 heteroatoms. The van der Waals surface area contributed by atoms with Crippen molar-refractivity contribution in [1.29, 1.82) is 0 Å². The summed E-state index contributed by atoms with van der Waals surface area (Å²) in [6, 6.07) is 4.56. The molecule has 0 atom stereocenters. The molecule has 1 aromatic heterocycles. The molecule has 0 unspecified atom stereocenters. The predicted octanol–water partition coefficient (Wildman–Crippen LogP) is 1.62. The third-order valence-electron chi connectivity index (χ3n) is 2.55. The zero-order chi connectivity index (χ0) is 14.8. The number of hydrogen-bond donors (Lipinski definition) is 2. The van der Waals surface area contributed by atoms with Crippen molar-refractivity contribution in [2.75, 3.05) is 6.61 Å². The van der Waals surface area contributed by atoms with Crippen LogP contribution < -0.4 is 16.0 Å². The molecule has 0 aliphatic rings. The second-order valence-corrected chi connectivity index (χ2v) is 3.89. The Balaban J connectivity index is 2.36. The molecule has 1 heterocycles. The van der Waals surface area contributed by atoms with E-state index < -0.39 is 17.6 Å². The van der Waals surface area contributed by atoms with Crippen molar-refractivity contribution in [2.45, 2.75) is 6.18 Å². The Labute approximate surface area is 111 Å². The Morgan fingerprint density at radius 1 is 1.35 bits per heavy atom. The molecule has 0 spiro atoms. The summed E-state index contributed by atoms with van der Waals surface area (Å²) in [6.07, 6.45) is -3.13. The number of fused-ring (bicyclic) bond motifs is 1. The van der Waals surface area contributed by atoms with E-state index in [4.69, 9.17) is 10.6 Å². The quantitative estimate of drug-likeness (QED) is 0.510. The highest BCUT2D eigenvalue weighted by molar-refractivity contribution is 5.86. The van der Waals surface area contributed by atoms with Crippen molar-refractivity contribution in [1.82, 2.24) is 10.4 Å². The van der Waals surface area contributed by atoms with Crippen molar-refractivity contribution >= 4 is 16.8 Å². The van der Waals surface area contributed by atoms with E-state index >= 15 is 0 Å². The molecule has 0 fully saturated rings. The van der Waals surface area contributed by atoms with Crippen LogP contribution in [0.25, 0.3) is 10.9 Å². The standard InChI is InChI=1S/C12H10F3N3O2/c13-12(14,15)7-1-2-8-9(5-7)17-4-3-10(8)20-6-11(19)18-16/h1-5H,6,16H2,(H,18,19). The lowest BCUT2D eigenvalue weighted by atomic mass is 10.1. The lowest BCUT2D eigenvalue weighted by Crippen LogP contribution is -2.34. The highest BCUT2D eigenvalue weighted by Gasteiger charge is 2.30. The van der Waals surface area contributed by atoms with Gasteiger partial charge in [-0.25, -0.2) is 5.84 Å². The number of ether oxygens (including phenoxy) is 1. The maximum absolute atomic E-state index is 12.6. The molecule has 3 N–H and O–H groups in total. The Morgan fingerprint density at radius 3 is 2.75 bits per heavy atom. The van der Waals surface area contributed by atoms with Gasteiger partial charge in [0.05, 0.1) is 11.1 Å². The first kappa shape index (κ1) is 14.1. The van der Waals surface area contributed by atoms with Gasteiger partial charge in [-0.15, -0.1) is 0 Å². The molecule has 0 bridgehead atoms. The van der Waals surface area contributed by atoms with E-state index in [2.05, 4.69) is 4.98 Å². The second-order valence-electron chi connectivity index (χ2n) is 3.89. The molecule has 1 amide bonds. The maximum Gasteiger partial charge on any atom is 0.416 e. The fraction of sp³-hybridized carbons (Fsp3) is 0.167. The van der Waals surface area contributed by atoms with Crippen LogP contribution in [0.15, 0.2) is 30.5 Å². The minimum atomic E-state index is -4.44. The van der Waals surface area contributed by atoms with Crippen molar-refractivity contribution < 1.29 is 22.7 Å². The summed E-state index contributed by atoms with van der Waals surface area (Å²) in [5, 5.41) is 0.380. The maximum atomic E-state index is 12.6. The van der Waals surface area contributed by atoms with Gasteiger partial charge in [0.25, 0.3) is 5.91 Å². The van der Waals surface area contributed by atoms with Gasteiger partial charge < -0.3 is 4.74 Å². The number of alkyl halides is 3. The Bertz CT molecular complexity index is 643. The Hall–Kier alpha value is -2.35. The second kappa shape index (κ2) is 5.33. The van der Waals surface area contributed by atoms with E-state index in [-0.39, 0.29) is 17.9 Å². The van der Waals surface area contributed by atoms with Gasteiger partial charge in [0.2, 0.25) is 0 Å². The fourth-order valence-corrected chi connectivity index (χ4v) is 1.61. The summed E-state index contributed by atoms with van der Waals surface area (Å²) in [5.41, 5.74) is 1.22. The van der Waals surface area contributed by atoms with E-state index in [1.165, 1.54) is 18.3 Å². The van der Waals surface area contributed by atoms with Gasteiger partial charge in [-0.1, -0.05) is 0 Å². The van der Waals surface area contributed by atoms with Crippen LogP contribution in [-0.4, -0.2) is 17.5 Å². The summed E-state index contributed by atoms with van der Waals surface area (Å²) < 4.78 is 43.0. The molecule has 0 saturated carbocycles. The Morgan fingerprint density at radius 2 is 2.10 bits per heavy atom. The number of aromatic nitrogens is 1. The van der Waals surface area contributed by atoms with Gasteiger partial charge in [-0.2, -0.15) is 13.2 Å². The number of nitrogens with one attached hydrogen (secondary N) is 1. The predicted molar refractivity (Wildman–Crippen MR) is 64.6 cm³/mol. The number of nitrogens with two attached hydrogens (primary N) is 1. The average molecular weight is 285 g/mol. The minimum absolute atomic E-state index is 0.130. The van der Waals surface area contributed by atoms with Crippen LogP contribution in [0.1, 0.15) is 5.56 Å². The number of halogens is 3. The van der Waals surface area contributed by atoms with Crippen molar-refractivity contribution in [3.63, 3.8) is 0 Å². The zero-order valence-electron chi connectivity index (χ0n) is 10.1. The van der Waals surface area contributed by atoms with Gasteiger partial charge >= 0.3 is 6.18 Å².